The van der Waals surface area contributed by atoms with Crippen molar-refractivity contribution >= 4 is 5.97 Å². The topological polar surface area (TPSA) is 39.9 Å². The standard InChI is InChI=1S/C18H17NO3/c1-19-17(12-18(20)21-2)15-8-10-16(11-9-15)22-13-14-6-4-3-5-7-14/h3-11,17H,12-13H2,2H3. The van der Waals surface area contributed by atoms with E-state index in [-0.39, 0.29) is 12.4 Å². The molecule has 0 radical (unpaired) electrons. The Bertz CT molecular complexity index is 644. The molecule has 0 bridgehead atoms. The van der Waals surface area contributed by atoms with Crippen LogP contribution in [0, 0.1) is 6.57 Å². The Labute approximate surface area is 130 Å². The minimum absolute atomic E-state index is 0.0597. The molecule has 4 heteroatoms. The van der Waals surface area contributed by atoms with Crippen molar-refractivity contribution in [2.75, 3.05) is 7.11 Å². The Kier molecular flexibility index (Phi) is 5.56. The van der Waals surface area contributed by atoms with Crippen LogP contribution < -0.4 is 4.74 Å². The van der Waals surface area contributed by atoms with Crippen LogP contribution in [0.3, 0.4) is 0 Å². The van der Waals surface area contributed by atoms with Gasteiger partial charge in [-0.25, -0.2) is 6.57 Å². The van der Waals surface area contributed by atoms with Crippen LogP contribution in [0.25, 0.3) is 4.85 Å². The van der Waals surface area contributed by atoms with E-state index in [1.807, 2.05) is 54.6 Å². The summed E-state index contributed by atoms with van der Waals surface area (Å²) in [4.78, 5) is 14.8. The number of hydrogen-bond acceptors (Lipinski definition) is 3. The summed E-state index contributed by atoms with van der Waals surface area (Å²) in [6, 6.07) is 16.6. The number of hydrogen-bond donors (Lipinski definition) is 0. The van der Waals surface area contributed by atoms with Gasteiger partial charge in [-0.3, -0.25) is 4.79 Å². The molecule has 0 aliphatic rings. The van der Waals surface area contributed by atoms with E-state index in [0.29, 0.717) is 6.61 Å². The first-order valence-corrected chi connectivity index (χ1v) is 6.93. The number of methoxy groups -OCH3 is 1. The lowest BCUT2D eigenvalue weighted by atomic mass is 10.0. The Hall–Kier alpha value is -2.80. The van der Waals surface area contributed by atoms with Crippen LogP contribution in [0.15, 0.2) is 54.6 Å². The van der Waals surface area contributed by atoms with Gasteiger partial charge in [0.25, 0.3) is 6.04 Å². The number of rotatable bonds is 6. The fourth-order valence-electron chi connectivity index (χ4n) is 2.01. The minimum atomic E-state index is -0.518. The molecule has 0 heterocycles. The summed E-state index contributed by atoms with van der Waals surface area (Å²) in [5, 5.41) is 0. The summed E-state index contributed by atoms with van der Waals surface area (Å²) < 4.78 is 10.3. The highest BCUT2D eigenvalue weighted by Gasteiger charge is 2.20. The second kappa shape index (κ2) is 7.84. The van der Waals surface area contributed by atoms with Gasteiger partial charge in [0.05, 0.1) is 7.11 Å². The summed E-state index contributed by atoms with van der Waals surface area (Å²) in [7, 11) is 1.32. The van der Waals surface area contributed by atoms with Crippen molar-refractivity contribution in [3.63, 3.8) is 0 Å². The van der Waals surface area contributed by atoms with E-state index in [1.54, 1.807) is 0 Å². The fourth-order valence-corrected chi connectivity index (χ4v) is 2.01. The maximum Gasteiger partial charge on any atom is 0.313 e. The molecule has 0 saturated carbocycles. The average Bonchev–Trinajstić information content (AvgIpc) is 2.59. The number of carbonyl (C=O) groups is 1. The number of carbonyl (C=O) groups excluding carboxylic acids is 1. The summed E-state index contributed by atoms with van der Waals surface area (Å²) in [6.07, 6.45) is 0.0597. The van der Waals surface area contributed by atoms with Gasteiger partial charge in [0.1, 0.15) is 18.8 Å². The van der Waals surface area contributed by atoms with Crippen molar-refractivity contribution < 1.29 is 14.3 Å². The highest BCUT2D eigenvalue weighted by molar-refractivity contribution is 5.70. The van der Waals surface area contributed by atoms with Crippen molar-refractivity contribution in [2.45, 2.75) is 19.1 Å². The quantitative estimate of drug-likeness (QED) is 0.601. The monoisotopic (exact) mass is 295 g/mol. The van der Waals surface area contributed by atoms with Crippen molar-refractivity contribution in [2.24, 2.45) is 0 Å². The predicted octanol–water partition coefficient (Wildman–Crippen LogP) is 3.79. The zero-order valence-corrected chi connectivity index (χ0v) is 12.4. The Morgan fingerprint density at radius 3 is 2.41 bits per heavy atom. The van der Waals surface area contributed by atoms with Crippen LogP contribution in [0.4, 0.5) is 0 Å². The SMILES string of the molecule is [C-]#[N+]C(CC(=O)OC)c1ccc(OCc2ccccc2)cc1. The van der Waals surface area contributed by atoms with Crippen LogP contribution in [-0.4, -0.2) is 13.1 Å². The zero-order chi connectivity index (χ0) is 15.8. The first-order valence-electron chi connectivity index (χ1n) is 6.93. The molecular formula is C18H17NO3. The smallest absolute Gasteiger partial charge is 0.313 e. The van der Waals surface area contributed by atoms with E-state index in [1.165, 1.54) is 7.11 Å². The largest absolute Gasteiger partial charge is 0.489 e. The van der Waals surface area contributed by atoms with E-state index < -0.39 is 6.04 Å². The second-order valence-electron chi connectivity index (χ2n) is 4.77. The lowest BCUT2D eigenvalue weighted by molar-refractivity contribution is -0.140. The molecule has 0 aliphatic carbocycles. The summed E-state index contributed by atoms with van der Waals surface area (Å²) in [6.45, 7) is 7.69. The Morgan fingerprint density at radius 1 is 1.14 bits per heavy atom. The molecule has 1 unspecified atom stereocenters. The molecule has 0 N–H and O–H groups in total. The summed E-state index contributed by atoms with van der Waals surface area (Å²) in [5.41, 5.74) is 1.88. The maximum absolute atomic E-state index is 11.3. The number of benzene rings is 2. The lowest BCUT2D eigenvalue weighted by Crippen LogP contribution is -2.06. The van der Waals surface area contributed by atoms with Gasteiger partial charge in [-0.15, -0.1) is 0 Å². The van der Waals surface area contributed by atoms with Crippen LogP contribution in [0.2, 0.25) is 0 Å². The van der Waals surface area contributed by atoms with Crippen molar-refractivity contribution in [1.29, 1.82) is 0 Å². The van der Waals surface area contributed by atoms with Gasteiger partial charge < -0.3 is 14.3 Å². The van der Waals surface area contributed by atoms with Gasteiger partial charge in [-0.05, 0) is 29.8 Å². The molecule has 2 aromatic carbocycles. The van der Waals surface area contributed by atoms with E-state index >= 15 is 0 Å². The van der Waals surface area contributed by atoms with E-state index in [4.69, 9.17) is 11.3 Å². The molecule has 0 fully saturated rings. The third-order valence-corrected chi connectivity index (χ3v) is 3.26. The molecule has 0 amide bonds. The third kappa shape index (κ3) is 4.35. The van der Waals surface area contributed by atoms with Gasteiger partial charge in [-0.1, -0.05) is 30.3 Å². The molecule has 0 aromatic heterocycles. The molecule has 0 spiro atoms. The molecule has 0 aliphatic heterocycles. The highest BCUT2D eigenvalue weighted by atomic mass is 16.5. The van der Waals surface area contributed by atoms with E-state index in [9.17, 15) is 4.79 Å². The highest BCUT2D eigenvalue weighted by Crippen LogP contribution is 2.24. The lowest BCUT2D eigenvalue weighted by Gasteiger charge is -2.08. The summed E-state index contributed by atoms with van der Waals surface area (Å²) in [5.74, 6) is 0.347. The Morgan fingerprint density at radius 2 is 1.82 bits per heavy atom. The molecule has 1 atom stereocenters. The first-order chi connectivity index (χ1) is 10.7. The van der Waals surface area contributed by atoms with Crippen LogP contribution in [-0.2, 0) is 16.1 Å². The number of esters is 1. The maximum atomic E-state index is 11.3. The minimum Gasteiger partial charge on any atom is -0.489 e. The fraction of sp³-hybridized carbons (Fsp3) is 0.222. The number of ether oxygens (including phenoxy) is 2. The summed E-state index contributed by atoms with van der Waals surface area (Å²) >= 11 is 0. The second-order valence-corrected chi connectivity index (χ2v) is 4.77. The van der Waals surface area contributed by atoms with E-state index in [2.05, 4.69) is 9.58 Å². The third-order valence-electron chi connectivity index (χ3n) is 3.26. The van der Waals surface area contributed by atoms with Crippen LogP contribution in [0.5, 0.6) is 5.75 Å². The molecule has 112 valence electrons. The first kappa shape index (κ1) is 15.6. The van der Waals surface area contributed by atoms with Gasteiger partial charge >= 0.3 is 5.97 Å². The normalized spacial score (nSPS) is 11.3. The van der Waals surface area contributed by atoms with Gasteiger partial charge in [0.2, 0.25) is 0 Å². The molecule has 2 aromatic rings. The van der Waals surface area contributed by atoms with Gasteiger partial charge in [-0.2, -0.15) is 0 Å². The van der Waals surface area contributed by atoms with Crippen LogP contribution in [0.1, 0.15) is 23.6 Å². The van der Waals surface area contributed by atoms with Gasteiger partial charge in [0.15, 0.2) is 0 Å². The van der Waals surface area contributed by atoms with Crippen molar-refractivity contribution in [3.05, 3.63) is 77.1 Å². The van der Waals surface area contributed by atoms with Gasteiger partial charge in [0, 0.05) is 5.56 Å². The van der Waals surface area contributed by atoms with Crippen molar-refractivity contribution in [1.82, 2.24) is 0 Å². The molecule has 4 nitrogen and oxygen atoms in total. The number of nitrogens with zero attached hydrogens (tertiary/aromatic N) is 1. The Balaban J connectivity index is 1.97. The molecule has 2 rings (SSSR count). The van der Waals surface area contributed by atoms with Crippen LogP contribution >= 0.6 is 0 Å². The van der Waals surface area contributed by atoms with E-state index in [0.717, 1.165) is 16.9 Å². The molecular weight excluding hydrogens is 278 g/mol. The molecule has 0 saturated heterocycles. The molecule has 22 heavy (non-hydrogen) atoms. The van der Waals surface area contributed by atoms with Crippen molar-refractivity contribution in [3.8, 4) is 5.75 Å². The predicted molar refractivity (Wildman–Crippen MR) is 83.2 cm³/mol. The average molecular weight is 295 g/mol. The zero-order valence-electron chi connectivity index (χ0n) is 12.4.